The van der Waals surface area contributed by atoms with Crippen LogP contribution in [0.1, 0.15) is 21.7 Å². The maximum atomic E-state index is 13.4. The zero-order chi connectivity index (χ0) is 22.2. The van der Waals surface area contributed by atoms with Crippen molar-refractivity contribution in [1.29, 1.82) is 0 Å². The van der Waals surface area contributed by atoms with Crippen molar-refractivity contribution < 1.29 is 22.0 Å². The zero-order valence-electron chi connectivity index (χ0n) is 15.9. The van der Waals surface area contributed by atoms with Gasteiger partial charge in [-0.05, 0) is 41.8 Å². The molecule has 0 saturated carbocycles. The van der Waals surface area contributed by atoms with E-state index in [1.54, 1.807) is 11.0 Å². The molecule has 0 N–H and O–H groups in total. The van der Waals surface area contributed by atoms with Crippen LogP contribution in [0.4, 0.5) is 27.9 Å². The summed E-state index contributed by atoms with van der Waals surface area (Å²) < 4.78 is 66.2. The molecule has 0 bridgehead atoms. The largest absolute Gasteiger partial charge is 0.425 e. The number of hydrogen-bond acceptors (Lipinski definition) is 5. The van der Waals surface area contributed by atoms with Crippen LogP contribution in [0.15, 0.2) is 47.5 Å². The number of rotatable bonds is 4. The summed E-state index contributed by atoms with van der Waals surface area (Å²) in [6, 6.07) is 5.62. The highest BCUT2D eigenvalue weighted by Gasteiger charge is 2.32. The molecule has 0 saturated heterocycles. The molecule has 0 unspecified atom stereocenters. The standard InChI is InChI=1S/C20H15F5N4OS/c21-14-7-13(8-15(22)9-14)12-3-5-28(6-4-12)18-26-11-29(19(30)27-18)10-16-1-2-17(31-16)20(23,24)25/h1-3,7-9,11H,4-6,10H2. The number of aromatic nitrogens is 3. The van der Waals surface area contributed by atoms with Crippen LogP contribution in [-0.4, -0.2) is 27.6 Å². The molecule has 1 aliphatic rings. The van der Waals surface area contributed by atoms with E-state index < -0.39 is 28.4 Å². The Labute approximate surface area is 177 Å². The lowest BCUT2D eigenvalue weighted by Gasteiger charge is -2.26. The van der Waals surface area contributed by atoms with E-state index in [4.69, 9.17) is 0 Å². The topological polar surface area (TPSA) is 51.0 Å². The van der Waals surface area contributed by atoms with Gasteiger partial charge in [-0.2, -0.15) is 18.2 Å². The average Bonchev–Trinajstić information content (AvgIpc) is 3.18. The van der Waals surface area contributed by atoms with Crippen LogP contribution in [0, 0.1) is 11.6 Å². The molecule has 2 aromatic heterocycles. The number of hydrogen-bond donors (Lipinski definition) is 0. The van der Waals surface area contributed by atoms with Gasteiger partial charge in [-0.3, -0.25) is 4.57 Å². The van der Waals surface area contributed by atoms with E-state index >= 15 is 0 Å². The molecule has 162 valence electrons. The monoisotopic (exact) mass is 454 g/mol. The smallest absolute Gasteiger partial charge is 0.337 e. The highest BCUT2D eigenvalue weighted by molar-refractivity contribution is 7.12. The summed E-state index contributed by atoms with van der Waals surface area (Å²) in [4.78, 5) is 21.8. The molecule has 0 amide bonds. The molecule has 11 heteroatoms. The van der Waals surface area contributed by atoms with Gasteiger partial charge in [0.2, 0.25) is 5.95 Å². The molecule has 3 aromatic rings. The predicted octanol–water partition coefficient (Wildman–Crippen LogP) is 4.34. The SMILES string of the molecule is O=c1nc(N2CC=C(c3cc(F)cc(F)c3)CC2)ncn1Cc1ccc(C(F)(F)F)s1. The summed E-state index contributed by atoms with van der Waals surface area (Å²) in [6.07, 6.45) is -0.910. The maximum absolute atomic E-state index is 13.4. The molecule has 0 spiro atoms. The van der Waals surface area contributed by atoms with E-state index in [1.165, 1.54) is 24.5 Å². The van der Waals surface area contributed by atoms with E-state index in [0.29, 0.717) is 41.3 Å². The van der Waals surface area contributed by atoms with E-state index in [0.717, 1.165) is 22.3 Å². The molecule has 5 nitrogen and oxygen atoms in total. The molecule has 0 fully saturated rings. The summed E-state index contributed by atoms with van der Waals surface area (Å²) in [5.74, 6) is -1.12. The second-order valence-corrected chi connectivity index (χ2v) is 8.08. The van der Waals surface area contributed by atoms with Crippen LogP contribution < -0.4 is 10.6 Å². The minimum atomic E-state index is -4.42. The molecule has 1 aromatic carbocycles. The third kappa shape index (κ3) is 4.82. The Morgan fingerprint density at radius 2 is 1.84 bits per heavy atom. The van der Waals surface area contributed by atoms with Crippen molar-refractivity contribution in [3.8, 4) is 0 Å². The summed E-state index contributed by atoms with van der Waals surface area (Å²) >= 11 is 0.564. The summed E-state index contributed by atoms with van der Waals surface area (Å²) in [6.45, 7) is 0.721. The summed E-state index contributed by atoms with van der Waals surface area (Å²) in [7, 11) is 0. The number of thiophene rings is 1. The molecule has 4 rings (SSSR count). The highest BCUT2D eigenvalue weighted by Crippen LogP contribution is 2.34. The number of anilines is 1. The van der Waals surface area contributed by atoms with E-state index in [1.807, 2.05) is 0 Å². The number of alkyl halides is 3. The van der Waals surface area contributed by atoms with Crippen molar-refractivity contribution in [3.63, 3.8) is 0 Å². The lowest BCUT2D eigenvalue weighted by atomic mass is 9.99. The normalized spacial score (nSPS) is 14.6. The first-order valence-corrected chi connectivity index (χ1v) is 10.0. The van der Waals surface area contributed by atoms with Gasteiger partial charge in [0.25, 0.3) is 0 Å². The Balaban J connectivity index is 1.47. The Morgan fingerprint density at radius 3 is 2.42 bits per heavy atom. The average molecular weight is 454 g/mol. The van der Waals surface area contributed by atoms with Crippen LogP contribution >= 0.6 is 11.3 Å². The summed E-state index contributed by atoms with van der Waals surface area (Å²) in [5, 5.41) is 0. The molecule has 0 radical (unpaired) electrons. The third-order valence-corrected chi connectivity index (χ3v) is 5.86. The molecule has 3 heterocycles. The molecule has 0 aliphatic carbocycles. The molecule has 31 heavy (non-hydrogen) atoms. The quantitative estimate of drug-likeness (QED) is 0.551. The van der Waals surface area contributed by atoms with E-state index in [2.05, 4.69) is 9.97 Å². The minimum Gasteiger partial charge on any atom is -0.337 e. The lowest BCUT2D eigenvalue weighted by molar-refractivity contribution is -0.134. The van der Waals surface area contributed by atoms with Crippen LogP contribution in [0.25, 0.3) is 5.57 Å². The number of halogens is 5. The van der Waals surface area contributed by atoms with Gasteiger partial charge >= 0.3 is 11.9 Å². The third-order valence-electron chi connectivity index (χ3n) is 4.75. The van der Waals surface area contributed by atoms with Crippen molar-refractivity contribution in [2.45, 2.75) is 19.1 Å². The number of benzene rings is 1. The van der Waals surface area contributed by atoms with Crippen molar-refractivity contribution in [1.82, 2.24) is 14.5 Å². The van der Waals surface area contributed by atoms with Gasteiger partial charge in [0.1, 0.15) is 22.8 Å². The van der Waals surface area contributed by atoms with E-state index in [-0.39, 0.29) is 12.5 Å². The van der Waals surface area contributed by atoms with Crippen LogP contribution in [0.2, 0.25) is 0 Å². The highest BCUT2D eigenvalue weighted by atomic mass is 32.1. The minimum absolute atomic E-state index is 0.0605. The first-order valence-electron chi connectivity index (χ1n) is 9.19. The number of nitrogens with zero attached hydrogens (tertiary/aromatic N) is 4. The van der Waals surface area contributed by atoms with Gasteiger partial charge < -0.3 is 4.90 Å². The lowest BCUT2D eigenvalue weighted by Crippen LogP contribution is -2.33. The Bertz CT molecular complexity index is 1180. The summed E-state index contributed by atoms with van der Waals surface area (Å²) in [5.41, 5.74) is 0.609. The van der Waals surface area contributed by atoms with Gasteiger partial charge in [0.05, 0.1) is 6.54 Å². The fraction of sp³-hybridized carbons (Fsp3) is 0.250. The van der Waals surface area contributed by atoms with Crippen molar-refractivity contribution in [3.05, 3.63) is 80.2 Å². The van der Waals surface area contributed by atoms with Gasteiger partial charge in [-0.25, -0.2) is 18.6 Å². The van der Waals surface area contributed by atoms with Crippen molar-refractivity contribution in [2.75, 3.05) is 18.0 Å². The zero-order valence-corrected chi connectivity index (χ0v) is 16.7. The Morgan fingerprint density at radius 1 is 1.10 bits per heavy atom. The maximum Gasteiger partial charge on any atom is 0.425 e. The van der Waals surface area contributed by atoms with Crippen molar-refractivity contribution >= 4 is 22.9 Å². The first-order chi connectivity index (χ1) is 14.7. The van der Waals surface area contributed by atoms with E-state index in [9.17, 15) is 26.7 Å². The fourth-order valence-electron chi connectivity index (χ4n) is 3.25. The fourth-order valence-corrected chi connectivity index (χ4v) is 4.12. The second kappa shape index (κ2) is 8.22. The Kier molecular flexibility index (Phi) is 5.61. The predicted molar refractivity (Wildman–Crippen MR) is 106 cm³/mol. The second-order valence-electron chi connectivity index (χ2n) is 6.91. The van der Waals surface area contributed by atoms with Gasteiger partial charge in [-0.15, -0.1) is 11.3 Å². The molecule has 0 atom stereocenters. The van der Waals surface area contributed by atoms with Gasteiger partial charge in [0.15, 0.2) is 0 Å². The first kappa shape index (κ1) is 21.2. The van der Waals surface area contributed by atoms with Crippen LogP contribution in [0.3, 0.4) is 0 Å². The van der Waals surface area contributed by atoms with Crippen LogP contribution in [-0.2, 0) is 12.7 Å². The molecular weight excluding hydrogens is 439 g/mol. The van der Waals surface area contributed by atoms with Gasteiger partial charge in [0, 0.05) is 24.0 Å². The van der Waals surface area contributed by atoms with Crippen LogP contribution in [0.5, 0.6) is 0 Å². The Hall–Kier alpha value is -3.08. The molecule has 1 aliphatic heterocycles. The molecular formula is C20H15F5N4OS. The van der Waals surface area contributed by atoms with Crippen molar-refractivity contribution in [2.24, 2.45) is 0 Å². The van der Waals surface area contributed by atoms with Gasteiger partial charge in [-0.1, -0.05) is 6.08 Å².